The Labute approximate surface area is 186 Å². The Balaban J connectivity index is 5.00. The molecule has 0 aliphatic carbocycles. The van der Waals surface area contributed by atoms with Crippen LogP contribution >= 0.6 is 23.2 Å². The lowest BCUT2D eigenvalue weighted by atomic mass is 10.5. The lowest BCUT2D eigenvalue weighted by Crippen LogP contribution is -2.63. The van der Waals surface area contributed by atoms with E-state index in [1.807, 2.05) is 26.2 Å². The van der Waals surface area contributed by atoms with E-state index in [1.54, 1.807) is 26.2 Å². The number of carbonyl (C=O) groups excluding carboxylic acids is 4. The van der Waals surface area contributed by atoms with Gasteiger partial charge >= 0.3 is 17.1 Å². The predicted octanol–water partition coefficient (Wildman–Crippen LogP) is 2.39. The summed E-state index contributed by atoms with van der Waals surface area (Å²) in [5.41, 5.74) is 0. The number of hydrogen-bond donors (Lipinski definition) is 2. The molecule has 0 fully saturated rings. The maximum atomic E-state index is 11.8. The van der Waals surface area contributed by atoms with Crippen LogP contribution in [0.3, 0.4) is 0 Å². The van der Waals surface area contributed by atoms with Crippen LogP contribution in [0, 0.1) is 0 Å². The summed E-state index contributed by atoms with van der Waals surface area (Å²) in [5, 5.41) is -1.49. The van der Waals surface area contributed by atoms with Gasteiger partial charge in [0, 0.05) is 0 Å². The van der Waals surface area contributed by atoms with Crippen molar-refractivity contribution in [2.45, 2.75) is 65.2 Å². The van der Waals surface area contributed by atoms with E-state index < -0.39 is 69.2 Å². The minimum Gasteiger partial charge on any atom is -0.420 e. The maximum Gasteiger partial charge on any atom is 0.313 e. The summed E-state index contributed by atoms with van der Waals surface area (Å²) in [7, 11) is -10.9. The Morgan fingerprint density at radius 3 is 1.14 bits per heavy atom. The zero-order valence-electron chi connectivity index (χ0n) is 18.0. The van der Waals surface area contributed by atoms with Gasteiger partial charge in [0.25, 0.3) is 17.0 Å². The van der Waals surface area contributed by atoms with Gasteiger partial charge in [-0.3, -0.25) is 19.2 Å². The van der Waals surface area contributed by atoms with E-state index in [0.717, 1.165) is 0 Å². The van der Waals surface area contributed by atoms with Crippen molar-refractivity contribution >= 4 is 79.6 Å². The fourth-order valence-electron chi connectivity index (χ4n) is 2.93. The van der Waals surface area contributed by atoms with Gasteiger partial charge in [0.15, 0.2) is 0 Å². The fourth-order valence-corrected chi connectivity index (χ4v) is 20.7. The Morgan fingerprint density at radius 1 is 0.621 bits per heavy atom. The first-order valence-electron chi connectivity index (χ1n) is 8.83. The van der Waals surface area contributed by atoms with Crippen molar-refractivity contribution in [3.8, 4) is 0 Å². The second kappa shape index (κ2) is 10.8. The van der Waals surface area contributed by atoms with Gasteiger partial charge in [-0.1, -0.05) is 0 Å². The molecule has 9 nitrogen and oxygen atoms in total. The van der Waals surface area contributed by atoms with Crippen molar-refractivity contribution in [3.63, 3.8) is 0 Å². The Bertz CT molecular complexity index is 606. The van der Waals surface area contributed by atoms with Gasteiger partial charge in [0.05, 0.1) is 0 Å². The molecule has 0 spiro atoms. The molecule has 0 aromatic heterocycles. The minimum atomic E-state index is -2.75. The first kappa shape index (κ1) is 28.6. The average Bonchev–Trinajstić information content (AvgIpc) is 2.27. The van der Waals surface area contributed by atoms with E-state index in [4.69, 9.17) is 35.5 Å². The SMILES string of the molecule is C[Si](C)(NC(=O)CC(=O)Cl)O[Si](C)(C)O[Si](C)(C)O[Si](C)(C)NC(=O)CC(=O)Cl. The van der Waals surface area contributed by atoms with Crippen LogP contribution in [0.1, 0.15) is 12.8 Å². The Kier molecular flexibility index (Phi) is 10.6. The predicted molar refractivity (Wildman–Crippen MR) is 120 cm³/mol. The van der Waals surface area contributed by atoms with E-state index in [2.05, 4.69) is 9.96 Å². The molecule has 0 heterocycles. The number of halogens is 2. The molecule has 29 heavy (non-hydrogen) atoms. The van der Waals surface area contributed by atoms with Crippen LogP contribution in [0.25, 0.3) is 0 Å². The summed E-state index contributed by atoms with van der Waals surface area (Å²) in [5.74, 6) is -0.992. The molecule has 0 rings (SSSR count). The molecule has 15 heteroatoms. The third-order valence-electron chi connectivity index (χ3n) is 2.97. The number of hydrogen-bond acceptors (Lipinski definition) is 7. The van der Waals surface area contributed by atoms with Crippen molar-refractivity contribution in [1.29, 1.82) is 0 Å². The molecule has 2 amide bonds. The van der Waals surface area contributed by atoms with Gasteiger partial charge in [-0.25, -0.2) is 0 Å². The van der Waals surface area contributed by atoms with Crippen molar-refractivity contribution < 1.29 is 31.5 Å². The second-order valence-electron chi connectivity index (χ2n) is 8.29. The molecule has 0 aliphatic rings. The first-order chi connectivity index (χ1) is 12.7. The van der Waals surface area contributed by atoms with Gasteiger partial charge in [-0.15, -0.1) is 0 Å². The normalized spacial score (nSPS) is 13.0. The summed E-state index contributed by atoms with van der Waals surface area (Å²) in [6.07, 6.45) is -0.838. The van der Waals surface area contributed by atoms with Crippen LogP contribution in [0.5, 0.6) is 0 Å². The molecule has 0 bridgehead atoms. The lowest BCUT2D eigenvalue weighted by Gasteiger charge is -2.40. The van der Waals surface area contributed by atoms with Gasteiger partial charge in [0.2, 0.25) is 22.3 Å². The van der Waals surface area contributed by atoms with E-state index >= 15 is 0 Å². The summed E-state index contributed by atoms with van der Waals surface area (Å²) >= 11 is 10.5. The highest BCUT2D eigenvalue weighted by Gasteiger charge is 2.44. The van der Waals surface area contributed by atoms with Crippen molar-refractivity contribution in [1.82, 2.24) is 9.96 Å². The Morgan fingerprint density at radius 2 is 0.897 bits per heavy atom. The minimum absolute atomic E-state index is 0.419. The van der Waals surface area contributed by atoms with Crippen LogP contribution in [0.2, 0.25) is 52.4 Å². The molecular weight excluding hydrogens is 491 g/mol. The smallest absolute Gasteiger partial charge is 0.313 e. The van der Waals surface area contributed by atoms with E-state index in [0.29, 0.717) is 0 Å². The van der Waals surface area contributed by atoms with Gasteiger partial charge in [-0.2, -0.15) is 0 Å². The van der Waals surface area contributed by atoms with Crippen molar-refractivity contribution in [2.75, 3.05) is 0 Å². The molecule has 0 aromatic rings. The molecule has 0 saturated heterocycles. The highest BCUT2D eigenvalue weighted by atomic mass is 35.5. The molecule has 0 saturated carbocycles. The molecule has 0 radical (unpaired) electrons. The summed E-state index contributed by atoms with van der Waals surface area (Å²) in [6, 6.07) is 0. The standard InChI is InChI=1S/C14H30Cl2N2O7Si4/c1-26(2,17-13(21)9-11(15)19)23-28(5,6)25-29(7,8)24-27(3,4)18-14(22)10-12(16)20/h9-10H2,1-8H3,(H,17,21)(H,18,22). The van der Waals surface area contributed by atoms with Gasteiger partial charge in [0.1, 0.15) is 12.8 Å². The molecule has 2 N–H and O–H groups in total. The van der Waals surface area contributed by atoms with E-state index in [9.17, 15) is 19.2 Å². The quantitative estimate of drug-likeness (QED) is 0.230. The summed E-state index contributed by atoms with van der Waals surface area (Å²) < 4.78 is 18.5. The third kappa shape index (κ3) is 14.3. The van der Waals surface area contributed by atoms with Gasteiger partial charge in [-0.05, 0) is 75.6 Å². The van der Waals surface area contributed by atoms with Gasteiger partial charge < -0.3 is 22.3 Å². The number of nitrogens with one attached hydrogen (secondary N) is 2. The summed E-state index contributed by atoms with van der Waals surface area (Å²) in [4.78, 5) is 50.9. The number of amides is 2. The second-order valence-corrected chi connectivity index (χ2v) is 23.7. The fraction of sp³-hybridized carbons (Fsp3) is 0.714. The Hall–Kier alpha value is -0.392. The zero-order chi connectivity index (χ0) is 23.3. The molecule has 0 atom stereocenters. The molecule has 0 unspecified atom stereocenters. The largest absolute Gasteiger partial charge is 0.420 e. The molecule has 0 aliphatic heterocycles. The zero-order valence-corrected chi connectivity index (χ0v) is 23.5. The van der Waals surface area contributed by atoms with E-state index in [-0.39, 0.29) is 0 Å². The molecule has 0 aromatic carbocycles. The van der Waals surface area contributed by atoms with Crippen LogP contribution in [-0.2, 0) is 31.5 Å². The van der Waals surface area contributed by atoms with E-state index in [1.165, 1.54) is 0 Å². The number of carbonyl (C=O) groups is 4. The number of rotatable bonds is 12. The van der Waals surface area contributed by atoms with Crippen LogP contribution in [0.15, 0.2) is 0 Å². The average molecular weight is 522 g/mol. The van der Waals surface area contributed by atoms with Crippen molar-refractivity contribution in [3.05, 3.63) is 0 Å². The monoisotopic (exact) mass is 520 g/mol. The molecule has 168 valence electrons. The lowest BCUT2D eigenvalue weighted by molar-refractivity contribution is -0.125. The van der Waals surface area contributed by atoms with Crippen LogP contribution in [-0.4, -0.2) is 56.4 Å². The topological polar surface area (TPSA) is 120 Å². The maximum absolute atomic E-state index is 11.8. The first-order valence-corrected chi connectivity index (χ1v) is 21.0. The highest BCUT2D eigenvalue weighted by Crippen LogP contribution is 2.22. The van der Waals surface area contributed by atoms with Crippen LogP contribution in [0.4, 0.5) is 0 Å². The highest BCUT2D eigenvalue weighted by molar-refractivity contribution is 6.89. The van der Waals surface area contributed by atoms with Crippen LogP contribution < -0.4 is 9.96 Å². The summed E-state index contributed by atoms with van der Waals surface area (Å²) in [6.45, 7) is 14.4. The molecular formula is C14H30Cl2N2O7Si4. The third-order valence-corrected chi connectivity index (χ3v) is 17.0. The van der Waals surface area contributed by atoms with Crippen molar-refractivity contribution in [2.24, 2.45) is 0 Å².